The highest BCUT2D eigenvalue weighted by atomic mass is 32.2. The lowest BCUT2D eigenvalue weighted by Crippen LogP contribution is -2.48. The van der Waals surface area contributed by atoms with E-state index in [0.717, 1.165) is 10.8 Å². The van der Waals surface area contributed by atoms with Gasteiger partial charge in [-0.2, -0.15) is 8.42 Å². The molecule has 0 spiro atoms. The van der Waals surface area contributed by atoms with Crippen LogP contribution in [0.3, 0.4) is 0 Å². The summed E-state index contributed by atoms with van der Waals surface area (Å²) in [5.74, 6) is -2.60. The predicted octanol–water partition coefficient (Wildman–Crippen LogP) is 5.83. The summed E-state index contributed by atoms with van der Waals surface area (Å²) in [5, 5.41) is 1.56. The van der Waals surface area contributed by atoms with Crippen molar-refractivity contribution >= 4 is 44.3 Å². The molecule has 0 bridgehead atoms. The number of hydrogen-bond donors (Lipinski definition) is 0. The van der Waals surface area contributed by atoms with Crippen LogP contribution < -0.4 is 9.47 Å². The lowest BCUT2D eigenvalue weighted by atomic mass is 9.77. The van der Waals surface area contributed by atoms with E-state index in [2.05, 4.69) is 4.98 Å². The Hall–Kier alpha value is -3.58. The average Bonchev–Trinajstić information content (AvgIpc) is 3.90. The summed E-state index contributed by atoms with van der Waals surface area (Å²) in [7, 11) is -2.57. The Morgan fingerprint density at radius 3 is 2.33 bits per heavy atom. The maximum absolute atomic E-state index is 14.6. The van der Waals surface area contributed by atoms with Crippen LogP contribution in [0.2, 0.25) is 0 Å². The topological polar surface area (TPSA) is 155 Å². The number of ether oxygens (including phenoxy) is 3. The molecule has 2 saturated carbocycles. The number of fused-ring (bicyclic) bond motifs is 1. The number of Topliss-reactive ketones (excluding diaryl/α,β-unsaturated/α-hetero) is 2. The second-order valence-corrected chi connectivity index (χ2v) is 18.7. The standard InChI is InChI=1S/C39H54N2O10S/c1-10-25-20-39(25,32(43)23-52(46,47)51-38(8)14-15-38)21-31(42)30-18-27(49-34-28-12-11-26(48-9)17-24(28)13-16-40-34)22-41(30)35(45)29(36(2,3)4)19-33(44)50-37(5,6)7/h11-13,16-17,25,27,29-30H,10,14-15,18-23H2,1-9H3/t25-,27-,29-,30+,39-/m1/s1. The molecule has 5 rings (SSSR count). The fraction of sp³-hybridized carbons (Fsp3) is 0.667. The maximum atomic E-state index is 14.6. The van der Waals surface area contributed by atoms with Gasteiger partial charge >= 0.3 is 5.97 Å². The molecule has 5 atom stereocenters. The quantitative estimate of drug-likeness (QED) is 0.160. The van der Waals surface area contributed by atoms with Crippen LogP contribution in [0.5, 0.6) is 11.6 Å². The Labute approximate surface area is 307 Å². The predicted molar refractivity (Wildman–Crippen MR) is 194 cm³/mol. The van der Waals surface area contributed by atoms with Crippen LogP contribution in [-0.4, -0.2) is 84.5 Å². The van der Waals surface area contributed by atoms with Gasteiger partial charge in [-0.3, -0.25) is 23.4 Å². The molecule has 0 N–H and O–H groups in total. The fourth-order valence-corrected chi connectivity index (χ4v) is 8.80. The Balaban J connectivity index is 1.43. The zero-order chi connectivity index (χ0) is 38.4. The summed E-state index contributed by atoms with van der Waals surface area (Å²) in [6.45, 7) is 14.5. The SMILES string of the molecule is CC[C@@H]1C[C@]1(CC(=O)[C@@H]1C[C@@H](Oc2nccc3cc(OC)ccc23)CN1C(=O)[C@@H](CC(=O)OC(C)(C)C)C(C)(C)C)C(=O)CS(=O)(=O)OC1(C)CC1. The number of amides is 1. The van der Waals surface area contributed by atoms with E-state index >= 15 is 0 Å². The van der Waals surface area contributed by atoms with Gasteiger partial charge < -0.3 is 19.1 Å². The lowest BCUT2D eigenvalue weighted by Gasteiger charge is -2.35. The van der Waals surface area contributed by atoms with Crippen LogP contribution in [0.25, 0.3) is 10.8 Å². The zero-order valence-corrected chi connectivity index (χ0v) is 32.8. The van der Waals surface area contributed by atoms with Gasteiger partial charge in [-0.25, -0.2) is 4.98 Å². The van der Waals surface area contributed by atoms with Crippen molar-refractivity contribution in [3.63, 3.8) is 0 Å². The third-order valence-corrected chi connectivity index (χ3v) is 11.9. The molecule has 0 unspecified atom stereocenters. The van der Waals surface area contributed by atoms with Crippen molar-refractivity contribution < 1.29 is 46.0 Å². The summed E-state index contributed by atoms with van der Waals surface area (Å²) in [5.41, 5.74) is -3.36. The number of carbonyl (C=O) groups is 4. The van der Waals surface area contributed by atoms with E-state index in [-0.39, 0.29) is 37.5 Å². The summed E-state index contributed by atoms with van der Waals surface area (Å²) in [4.78, 5) is 61.8. The summed E-state index contributed by atoms with van der Waals surface area (Å²) in [6, 6.07) is 6.35. The van der Waals surface area contributed by atoms with Crippen LogP contribution in [0.4, 0.5) is 0 Å². The van der Waals surface area contributed by atoms with Crippen molar-refractivity contribution in [2.45, 2.75) is 124 Å². The van der Waals surface area contributed by atoms with Crippen LogP contribution in [0.1, 0.15) is 100 Å². The number of carbonyl (C=O) groups excluding carboxylic acids is 4. The molecular weight excluding hydrogens is 689 g/mol. The van der Waals surface area contributed by atoms with Crippen LogP contribution in [-0.2, 0) is 38.2 Å². The van der Waals surface area contributed by atoms with Gasteiger partial charge in [0.05, 0.1) is 37.6 Å². The number of ketones is 2. The Kier molecular flexibility index (Phi) is 10.9. The molecule has 2 aliphatic carbocycles. The Morgan fingerprint density at radius 2 is 1.75 bits per heavy atom. The van der Waals surface area contributed by atoms with Gasteiger partial charge in [0, 0.05) is 29.8 Å². The van der Waals surface area contributed by atoms with Gasteiger partial charge in [-0.15, -0.1) is 0 Å². The molecule has 1 aliphatic heterocycles. The zero-order valence-electron chi connectivity index (χ0n) is 31.9. The van der Waals surface area contributed by atoms with Gasteiger partial charge in [0.25, 0.3) is 10.1 Å². The highest BCUT2D eigenvalue weighted by molar-refractivity contribution is 7.87. The number of pyridine rings is 1. The monoisotopic (exact) mass is 742 g/mol. The minimum absolute atomic E-state index is 0.0450. The first kappa shape index (κ1) is 39.6. The van der Waals surface area contributed by atoms with E-state index < -0.39 is 73.6 Å². The Bertz CT molecular complexity index is 1820. The van der Waals surface area contributed by atoms with E-state index in [4.69, 9.17) is 18.4 Å². The lowest BCUT2D eigenvalue weighted by molar-refractivity contribution is -0.161. The summed E-state index contributed by atoms with van der Waals surface area (Å²) < 4.78 is 48.5. The van der Waals surface area contributed by atoms with Gasteiger partial charge in [-0.05, 0) is 87.9 Å². The third kappa shape index (κ3) is 9.13. The molecule has 13 heteroatoms. The van der Waals surface area contributed by atoms with Crippen molar-refractivity contribution in [3.05, 3.63) is 30.5 Å². The molecule has 0 radical (unpaired) electrons. The van der Waals surface area contributed by atoms with Gasteiger partial charge in [0.2, 0.25) is 11.8 Å². The number of likely N-dealkylation sites (tertiary alicyclic amines) is 1. The molecule has 1 saturated heterocycles. The number of aromatic nitrogens is 1. The minimum atomic E-state index is -4.15. The van der Waals surface area contributed by atoms with Crippen LogP contribution >= 0.6 is 0 Å². The van der Waals surface area contributed by atoms with Crippen molar-refractivity contribution in [2.75, 3.05) is 19.4 Å². The fourth-order valence-electron chi connectivity index (χ4n) is 7.35. The molecule has 286 valence electrons. The molecule has 1 aromatic carbocycles. The molecule has 3 aliphatic rings. The van der Waals surface area contributed by atoms with Crippen LogP contribution in [0, 0.1) is 22.7 Å². The second-order valence-electron chi connectivity index (χ2n) is 17.2. The Morgan fingerprint density at radius 1 is 1.06 bits per heavy atom. The maximum Gasteiger partial charge on any atom is 0.307 e. The van der Waals surface area contributed by atoms with E-state index in [9.17, 15) is 27.6 Å². The average molecular weight is 743 g/mol. The first-order chi connectivity index (χ1) is 24.1. The highest BCUT2D eigenvalue weighted by Crippen LogP contribution is 2.58. The first-order valence-corrected chi connectivity index (χ1v) is 19.8. The first-order valence-electron chi connectivity index (χ1n) is 18.2. The molecule has 2 heterocycles. The van der Waals surface area contributed by atoms with Crippen molar-refractivity contribution in [1.29, 1.82) is 0 Å². The summed E-state index contributed by atoms with van der Waals surface area (Å²) >= 11 is 0. The van der Waals surface area contributed by atoms with E-state index in [1.807, 2.05) is 45.9 Å². The molecule has 12 nitrogen and oxygen atoms in total. The van der Waals surface area contributed by atoms with E-state index in [0.29, 0.717) is 37.3 Å². The number of nitrogens with zero attached hydrogens (tertiary/aromatic N) is 2. The van der Waals surface area contributed by atoms with Crippen LogP contribution in [0.15, 0.2) is 30.5 Å². The van der Waals surface area contributed by atoms with Gasteiger partial charge in [-0.1, -0.05) is 34.1 Å². The number of benzene rings is 1. The number of hydrogen-bond acceptors (Lipinski definition) is 11. The smallest absolute Gasteiger partial charge is 0.307 e. The largest absolute Gasteiger partial charge is 0.497 e. The molecule has 52 heavy (non-hydrogen) atoms. The van der Waals surface area contributed by atoms with Crippen molar-refractivity contribution in [2.24, 2.45) is 22.7 Å². The number of rotatable bonds is 15. The minimum Gasteiger partial charge on any atom is -0.497 e. The van der Waals surface area contributed by atoms with Crippen molar-refractivity contribution in [1.82, 2.24) is 9.88 Å². The van der Waals surface area contributed by atoms with Gasteiger partial charge in [0.1, 0.15) is 23.2 Å². The number of esters is 1. The molecular formula is C39H54N2O10S. The van der Waals surface area contributed by atoms with E-state index in [1.54, 1.807) is 47.1 Å². The van der Waals surface area contributed by atoms with Gasteiger partial charge in [0.15, 0.2) is 11.6 Å². The molecule has 1 amide bonds. The summed E-state index contributed by atoms with van der Waals surface area (Å²) in [6.07, 6.45) is 2.88. The van der Waals surface area contributed by atoms with Crippen molar-refractivity contribution in [3.8, 4) is 11.6 Å². The van der Waals surface area contributed by atoms with E-state index in [1.165, 1.54) is 4.90 Å². The molecule has 2 aromatic rings. The molecule has 3 fully saturated rings. The molecule has 1 aromatic heterocycles. The number of methoxy groups -OCH3 is 1. The highest BCUT2D eigenvalue weighted by Gasteiger charge is 2.61. The normalized spacial score (nSPS) is 24.6. The second kappa shape index (κ2) is 14.3. The third-order valence-electron chi connectivity index (χ3n) is 10.6.